The predicted octanol–water partition coefficient (Wildman–Crippen LogP) is 4.02. The summed E-state index contributed by atoms with van der Waals surface area (Å²) in [6.07, 6.45) is 1.04. The van der Waals surface area contributed by atoms with E-state index in [1.54, 1.807) is 6.07 Å². The normalized spacial score (nSPS) is 12.3. The summed E-state index contributed by atoms with van der Waals surface area (Å²) in [7, 11) is 0. The molecule has 1 N–H and O–H groups in total. The number of nitrogens with one attached hydrogen (secondary N) is 1. The molecule has 1 aromatic carbocycles. The molecule has 0 unspecified atom stereocenters. The molecular formula is C17H23NO. The zero-order valence-electron chi connectivity index (χ0n) is 12.5. The Hall–Kier alpha value is -1.57. The predicted molar refractivity (Wildman–Crippen MR) is 81.8 cm³/mol. The van der Waals surface area contributed by atoms with Gasteiger partial charge in [-0.1, -0.05) is 40.7 Å². The molecule has 102 valence electrons. The molecule has 1 aromatic heterocycles. The third kappa shape index (κ3) is 3.06. The third-order valence-electron chi connectivity index (χ3n) is 3.35. The highest BCUT2D eigenvalue weighted by molar-refractivity contribution is 5.79. The van der Waals surface area contributed by atoms with Crippen molar-refractivity contribution in [2.45, 2.75) is 46.5 Å². The van der Waals surface area contributed by atoms with E-state index in [2.05, 4.69) is 51.7 Å². The quantitative estimate of drug-likeness (QED) is 0.865. The van der Waals surface area contributed by atoms with Gasteiger partial charge in [-0.05, 0) is 30.0 Å². The topological polar surface area (TPSA) is 32.9 Å². The number of H-pyrrole nitrogens is 1. The molecule has 0 radical (unpaired) electrons. The number of fused-ring (bicyclic) bond motifs is 1. The van der Waals surface area contributed by atoms with Crippen molar-refractivity contribution in [2.24, 2.45) is 5.92 Å². The van der Waals surface area contributed by atoms with E-state index in [0.29, 0.717) is 5.92 Å². The molecule has 0 aliphatic carbocycles. The van der Waals surface area contributed by atoms with E-state index in [0.717, 1.165) is 23.0 Å². The molecule has 0 aliphatic heterocycles. The van der Waals surface area contributed by atoms with Crippen molar-refractivity contribution in [1.29, 1.82) is 0 Å². The molecule has 0 spiro atoms. The molecule has 0 aliphatic rings. The molecule has 0 fully saturated rings. The molecule has 19 heavy (non-hydrogen) atoms. The molecule has 1 heterocycles. The Morgan fingerprint density at radius 3 is 2.42 bits per heavy atom. The van der Waals surface area contributed by atoms with Gasteiger partial charge in [-0.2, -0.15) is 0 Å². The number of hydrogen-bond acceptors (Lipinski definition) is 1. The Balaban J connectivity index is 2.60. The van der Waals surface area contributed by atoms with Crippen LogP contribution in [0.15, 0.2) is 29.1 Å². The standard InChI is InChI=1S/C17H23NO/c1-11(2)8-12-6-7-13-14(9-12)18-16(10-15(13)19)17(3,4)5/h6-7,9-11H,8H2,1-5H3,(H,18,19). The Morgan fingerprint density at radius 1 is 1.16 bits per heavy atom. The van der Waals surface area contributed by atoms with Gasteiger partial charge in [0.1, 0.15) is 0 Å². The summed E-state index contributed by atoms with van der Waals surface area (Å²) >= 11 is 0. The average molecular weight is 257 g/mol. The van der Waals surface area contributed by atoms with Crippen LogP contribution < -0.4 is 5.43 Å². The maximum atomic E-state index is 12.2. The minimum absolute atomic E-state index is 0.0403. The Bertz CT molecular complexity index is 644. The minimum atomic E-state index is -0.0403. The Labute approximate surface area is 114 Å². The van der Waals surface area contributed by atoms with Crippen LogP contribution in [0.3, 0.4) is 0 Å². The van der Waals surface area contributed by atoms with E-state index in [1.807, 2.05) is 6.07 Å². The van der Waals surface area contributed by atoms with Crippen LogP contribution in [-0.4, -0.2) is 4.98 Å². The Kier molecular flexibility index (Phi) is 3.53. The molecule has 0 bridgehead atoms. The first kappa shape index (κ1) is 13.9. The van der Waals surface area contributed by atoms with E-state index >= 15 is 0 Å². The van der Waals surface area contributed by atoms with Crippen LogP contribution >= 0.6 is 0 Å². The van der Waals surface area contributed by atoms with Gasteiger partial charge in [-0.15, -0.1) is 0 Å². The average Bonchev–Trinajstić information content (AvgIpc) is 2.26. The lowest BCUT2D eigenvalue weighted by Crippen LogP contribution is -2.17. The van der Waals surface area contributed by atoms with E-state index in [1.165, 1.54) is 5.56 Å². The highest BCUT2D eigenvalue weighted by atomic mass is 16.1. The smallest absolute Gasteiger partial charge is 0.189 e. The molecule has 0 amide bonds. The van der Waals surface area contributed by atoms with E-state index < -0.39 is 0 Å². The SMILES string of the molecule is CC(C)Cc1ccc2c(=O)cc(C(C)(C)C)[nH]c2c1. The van der Waals surface area contributed by atoms with Crippen molar-refractivity contribution >= 4 is 10.9 Å². The zero-order chi connectivity index (χ0) is 14.2. The van der Waals surface area contributed by atoms with Gasteiger partial charge in [-0.25, -0.2) is 0 Å². The van der Waals surface area contributed by atoms with Crippen molar-refractivity contribution in [2.75, 3.05) is 0 Å². The van der Waals surface area contributed by atoms with Crippen molar-refractivity contribution in [3.8, 4) is 0 Å². The summed E-state index contributed by atoms with van der Waals surface area (Å²) in [5.74, 6) is 0.620. The van der Waals surface area contributed by atoms with Crippen LogP contribution in [0.2, 0.25) is 0 Å². The number of aromatic amines is 1. The highest BCUT2D eigenvalue weighted by Gasteiger charge is 2.16. The van der Waals surface area contributed by atoms with Crippen molar-refractivity contribution in [3.63, 3.8) is 0 Å². The van der Waals surface area contributed by atoms with Gasteiger partial charge in [0.2, 0.25) is 0 Å². The molecule has 2 aromatic rings. The molecule has 2 nitrogen and oxygen atoms in total. The van der Waals surface area contributed by atoms with Crippen molar-refractivity contribution in [3.05, 3.63) is 45.7 Å². The summed E-state index contributed by atoms with van der Waals surface area (Å²) in [5.41, 5.74) is 3.29. The van der Waals surface area contributed by atoms with Crippen LogP contribution in [0.5, 0.6) is 0 Å². The van der Waals surface area contributed by atoms with E-state index in [9.17, 15) is 4.79 Å². The second-order valence-electron chi connectivity index (χ2n) is 6.78. The number of aromatic nitrogens is 1. The number of benzene rings is 1. The first-order valence-corrected chi connectivity index (χ1v) is 6.94. The van der Waals surface area contributed by atoms with Crippen LogP contribution in [0, 0.1) is 5.92 Å². The monoisotopic (exact) mass is 257 g/mol. The second kappa shape index (κ2) is 4.84. The van der Waals surface area contributed by atoms with Gasteiger partial charge < -0.3 is 4.98 Å². The summed E-state index contributed by atoms with van der Waals surface area (Å²) in [5, 5.41) is 0.778. The Morgan fingerprint density at radius 2 is 1.84 bits per heavy atom. The fourth-order valence-electron chi connectivity index (χ4n) is 2.30. The van der Waals surface area contributed by atoms with Crippen LogP contribution in [-0.2, 0) is 11.8 Å². The van der Waals surface area contributed by atoms with Crippen LogP contribution in [0.1, 0.15) is 45.9 Å². The lowest BCUT2D eigenvalue weighted by atomic mass is 9.91. The van der Waals surface area contributed by atoms with Crippen molar-refractivity contribution < 1.29 is 0 Å². The van der Waals surface area contributed by atoms with Gasteiger partial charge in [0.15, 0.2) is 5.43 Å². The summed E-state index contributed by atoms with van der Waals surface area (Å²) in [6, 6.07) is 7.85. The van der Waals surface area contributed by atoms with Gasteiger partial charge in [-0.3, -0.25) is 4.79 Å². The van der Waals surface area contributed by atoms with Gasteiger partial charge in [0, 0.05) is 28.1 Å². The number of rotatable bonds is 2. The van der Waals surface area contributed by atoms with Gasteiger partial charge in [0.25, 0.3) is 0 Å². The first-order valence-electron chi connectivity index (χ1n) is 6.94. The fourth-order valence-corrected chi connectivity index (χ4v) is 2.30. The summed E-state index contributed by atoms with van der Waals surface area (Å²) < 4.78 is 0. The fraction of sp³-hybridized carbons (Fsp3) is 0.471. The number of pyridine rings is 1. The zero-order valence-corrected chi connectivity index (χ0v) is 12.5. The van der Waals surface area contributed by atoms with Crippen molar-refractivity contribution in [1.82, 2.24) is 4.98 Å². The lowest BCUT2D eigenvalue weighted by Gasteiger charge is -2.19. The van der Waals surface area contributed by atoms with E-state index in [4.69, 9.17) is 0 Å². The first-order chi connectivity index (χ1) is 8.77. The van der Waals surface area contributed by atoms with Crippen LogP contribution in [0.25, 0.3) is 10.9 Å². The molecular weight excluding hydrogens is 234 g/mol. The van der Waals surface area contributed by atoms with E-state index in [-0.39, 0.29) is 10.8 Å². The molecule has 0 saturated carbocycles. The minimum Gasteiger partial charge on any atom is -0.358 e. The molecule has 2 heteroatoms. The maximum Gasteiger partial charge on any atom is 0.189 e. The molecule has 0 atom stereocenters. The third-order valence-corrected chi connectivity index (χ3v) is 3.35. The summed E-state index contributed by atoms with van der Waals surface area (Å²) in [6.45, 7) is 10.8. The van der Waals surface area contributed by atoms with Gasteiger partial charge >= 0.3 is 0 Å². The molecule has 2 rings (SSSR count). The lowest BCUT2D eigenvalue weighted by molar-refractivity contribution is 0.571. The second-order valence-corrected chi connectivity index (χ2v) is 6.78. The highest BCUT2D eigenvalue weighted by Crippen LogP contribution is 2.21. The van der Waals surface area contributed by atoms with Crippen LogP contribution in [0.4, 0.5) is 0 Å². The maximum absolute atomic E-state index is 12.2. The number of hydrogen-bond donors (Lipinski definition) is 1. The summed E-state index contributed by atoms with van der Waals surface area (Å²) in [4.78, 5) is 15.6. The largest absolute Gasteiger partial charge is 0.358 e. The molecule has 0 saturated heterocycles. The van der Waals surface area contributed by atoms with Gasteiger partial charge in [0.05, 0.1) is 0 Å².